The molecule has 1 atom stereocenters. The van der Waals surface area contributed by atoms with E-state index in [4.69, 9.17) is 18.9 Å². The van der Waals surface area contributed by atoms with Crippen molar-refractivity contribution in [1.82, 2.24) is 5.32 Å². The smallest absolute Gasteiger partial charge is 0.241 e. The summed E-state index contributed by atoms with van der Waals surface area (Å²) in [6.45, 7) is 3.73. The molecule has 2 heterocycles. The summed E-state index contributed by atoms with van der Waals surface area (Å²) in [7, 11) is 1.66. The number of aliphatic hydroxyl groups excluding tert-OH is 1. The number of amides is 1. The Morgan fingerprint density at radius 1 is 0.953 bits per heavy atom. The van der Waals surface area contributed by atoms with Crippen LogP contribution in [0.3, 0.4) is 0 Å². The maximum Gasteiger partial charge on any atom is 0.241 e. The van der Waals surface area contributed by atoms with Gasteiger partial charge in [-0.25, -0.2) is 0 Å². The Hall–Kier alpha value is -4.18. The molecule has 1 aliphatic rings. The van der Waals surface area contributed by atoms with Crippen molar-refractivity contribution in [2.45, 2.75) is 32.0 Å². The summed E-state index contributed by atoms with van der Waals surface area (Å²) in [5.41, 5.74) is 2.88. The molecule has 0 unspecified atom stereocenters. The van der Waals surface area contributed by atoms with Gasteiger partial charge in [-0.15, -0.1) is 0 Å². The Bertz CT molecular complexity index is 1480. The number of aliphatic hydroxyl groups is 1. The van der Waals surface area contributed by atoms with Crippen molar-refractivity contribution in [2.24, 2.45) is 0 Å². The number of anilines is 1. The lowest BCUT2D eigenvalue weighted by Crippen LogP contribution is -2.57. The molecule has 1 aromatic heterocycles. The van der Waals surface area contributed by atoms with E-state index in [1.165, 1.54) is 0 Å². The first-order valence-corrected chi connectivity index (χ1v) is 14.8. The van der Waals surface area contributed by atoms with Gasteiger partial charge in [0.15, 0.2) is 12.7 Å². The van der Waals surface area contributed by atoms with Crippen molar-refractivity contribution in [3.8, 4) is 17.2 Å². The number of nitrogens with one attached hydrogen (secondary N) is 1. The number of aryl methyl sites for hydroxylation is 1. The number of carbonyl (C=O) groups is 1. The van der Waals surface area contributed by atoms with Gasteiger partial charge >= 0.3 is 0 Å². The zero-order valence-electron chi connectivity index (χ0n) is 24.6. The zero-order valence-corrected chi connectivity index (χ0v) is 24.6. The van der Waals surface area contributed by atoms with Crippen LogP contribution in [0.1, 0.15) is 18.4 Å². The minimum atomic E-state index is -0.165. The number of benzene rings is 3. The predicted octanol–water partition coefficient (Wildman–Crippen LogP) is 3.89. The van der Waals surface area contributed by atoms with E-state index in [1.807, 2.05) is 83.9 Å². The molecule has 0 bridgehead atoms. The van der Waals surface area contributed by atoms with Crippen LogP contribution in [0.25, 0.3) is 10.9 Å². The third kappa shape index (κ3) is 8.01. The maximum atomic E-state index is 13.0. The number of fused-ring (bicyclic) bond motifs is 1. The number of rotatable bonds is 15. The van der Waals surface area contributed by atoms with E-state index < -0.39 is 0 Å². The highest BCUT2D eigenvalue weighted by Crippen LogP contribution is 2.25. The van der Waals surface area contributed by atoms with Crippen molar-refractivity contribution in [2.75, 3.05) is 51.5 Å². The summed E-state index contributed by atoms with van der Waals surface area (Å²) in [5, 5.41) is 13.6. The van der Waals surface area contributed by atoms with Crippen LogP contribution >= 0.6 is 0 Å². The van der Waals surface area contributed by atoms with E-state index in [0.29, 0.717) is 39.4 Å². The van der Waals surface area contributed by atoms with E-state index in [-0.39, 0.29) is 25.1 Å². The van der Waals surface area contributed by atoms with Crippen LogP contribution in [0.5, 0.6) is 17.2 Å². The average Bonchev–Trinajstić information content (AvgIpc) is 3.05. The molecule has 2 N–H and O–H groups in total. The molecule has 0 spiro atoms. The molecular weight excluding hydrogens is 546 g/mol. The third-order valence-electron chi connectivity index (χ3n) is 7.41. The highest BCUT2D eigenvalue weighted by Gasteiger charge is 2.30. The molecule has 4 aromatic rings. The van der Waals surface area contributed by atoms with Gasteiger partial charge in [-0.05, 0) is 48.5 Å². The van der Waals surface area contributed by atoms with Crippen LogP contribution in [0.15, 0.2) is 85.1 Å². The fourth-order valence-electron chi connectivity index (χ4n) is 5.23. The zero-order chi connectivity index (χ0) is 29.9. The molecule has 3 aromatic carbocycles. The van der Waals surface area contributed by atoms with E-state index >= 15 is 0 Å². The van der Waals surface area contributed by atoms with Gasteiger partial charge in [0.1, 0.15) is 23.9 Å². The largest absolute Gasteiger partial charge is 0.496 e. The molecule has 43 heavy (non-hydrogen) atoms. The Labute approximate surface area is 252 Å². The Morgan fingerprint density at radius 3 is 2.63 bits per heavy atom. The second-order valence-electron chi connectivity index (χ2n) is 10.4. The fourth-order valence-corrected chi connectivity index (χ4v) is 5.23. The molecule has 226 valence electrons. The summed E-state index contributed by atoms with van der Waals surface area (Å²) in [6.07, 6.45) is 3.45. The van der Waals surface area contributed by atoms with Crippen molar-refractivity contribution in [1.29, 1.82) is 0 Å². The second kappa shape index (κ2) is 15.3. The minimum Gasteiger partial charge on any atom is -0.496 e. The lowest BCUT2D eigenvalue weighted by atomic mass is 10.1. The number of carbonyl (C=O) groups excluding carboxylic acids is 1. The van der Waals surface area contributed by atoms with Crippen molar-refractivity contribution in [3.63, 3.8) is 0 Å². The SMILES string of the molecule is COc1ccccc1COCCCOc1ccc(N2C(=O)CNC[C@@H]2COc2ccc3ccc[n+](CCCO)c3c2)cc1. The van der Waals surface area contributed by atoms with E-state index in [9.17, 15) is 9.90 Å². The van der Waals surface area contributed by atoms with Gasteiger partial charge in [-0.2, -0.15) is 4.57 Å². The Kier molecular flexibility index (Phi) is 10.8. The topological polar surface area (TPSA) is 93.4 Å². The first kappa shape index (κ1) is 30.3. The van der Waals surface area contributed by atoms with Gasteiger partial charge in [0.05, 0.1) is 45.6 Å². The van der Waals surface area contributed by atoms with Gasteiger partial charge in [-0.3, -0.25) is 4.79 Å². The number of para-hydroxylation sites is 1. The summed E-state index contributed by atoms with van der Waals surface area (Å²) >= 11 is 0. The van der Waals surface area contributed by atoms with Crippen LogP contribution in [0, 0.1) is 0 Å². The van der Waals surface area contributed by atoms with Crippen LogP contribution in [0.4, 0.5) is 5.69 Å². The van der Waals surface area contributed by atoms with Gasteiger partial charge in [0, 0.05) is 48.7 Å². The lowest BCUT2D eigenvalue weighted by molar-refractivity contribution is -0.672. The average molecular weight is 587 g/mol. The lowest BCUT2D eigenvalue weighted by Gasteiger charge is -2.36. The quantitative estimate of drug-likeness (QED) is 0.161. The number of hydrogen-bond acceptors (Lipinski definition) is 7. The molecule has 9 nitrogen and oxygen atoms in total. The number of ether oxygens (including phenoxy) is 4. The van der Waals surface area contributed by atoms with Crippen molar-refractivity contribution in [3.05, 3.63) is 90.6 Å². The van der Waals surface area contributed by atoms with Crippen LogP contribution in [-0.2, 0) is 22.7 Å². The van der Waals surface area contributed by atoms with Gasteiger partial charge < -0.3 is 34.3 Å². The molecule has 0 radical (unpaired) electrons. The molecule has 0 aliphatic carbocycles. The number of pyridine rings is 1. The summed E-state index contributed by atoms with van der Waals surface area (Å²) < 4.78 is 25.4. The summed E-state index contributed by atoms with van der Waals surface area (Å²) in [4.78, 5) is 14.8. The normalized spacial score (nSPS) is 15.1. The third-order valence-corrected chi connectivity index (χ3v) is 7.41. The van der Waals surface area contributed by atoms with Gasteiger partial charge in [-0.1, -0.05) is 18.2 Å². The molecule has 1 aliphatic heterocycles. The first-order chi connectivity index (χ1) is 21.2. The van der Waals surface area contributed by atoms with Gasteiger partial charge in [0.25, 0.3) is 0 Å². The molecule has 1 fully saturated rings. The van der Waals surface area contributed by atoms with Crippen LogP contribution in [-0.4, -0.2) is 63.7 Å². The van der Waals surface area contributed by atoms with Crippen molar-refractivity contribution >= 4 is 22.5 Å². The second-order valence-corrected chi connectivity index (χ2v) is 10.4. The van der Waals surface area contributed by atoms with E-state index in [0.717, 1.165) is 52.4 Å². The summed E-state index contributed by atoms with van der Waals surface area (Å²) in [6, 6.07) is 25.4. The monoisotopic (exact) mass is 586 g/mol. The Balaban J connectivity index is 1.13. The Morgan fingerprint density at radius 2 is 1.79 bits per heavy atom. The fraction of sp³-hybridized carbons (Fsp3) is 0.353. The highest BCUT2D eigenvalue weighted by atomic mass is 16.5. The molecular formula is C34H40N3O6+. The first-order valence-electron chi connectivity index (χ1n) is 14.8. The van der Waals surface area contributed by atoms with Crippen LogP contribution in [0.2, 0.25) is 0 Å². The minimum absolute atomic E-state index is 0.000991. The van der Waals surface area contributed by atoms with Gasteiger partial charge in [0.2, 0.25) is 11.4 Å². The number of nitrogens with zero attached hydrogens (tertiary/aromatic N) is 2. The number of methoxy groups -OCH3 is 1. The maximum absolute atomic E-state index is 13.0. The molecule has 9 heteroatoms. The molecule has 1 amide bonds. The summed E-state index contributed by atoms with van der Waals surface area (Å²) in [5.74, 6) is 2.31. The number of hydrogen-bond donors (Lipinski definition) is 2. The predicted molar refractivity (Wildman–Crippen MR) is 165 cm³/mol. The standard InChI is InChI=1S/C34H40N3O6/c1-40-33-9-3-2-7-27(33)24-41-19-6-20-42-30-14-11-28(12-15-30)37-29(22-35-23-34(37)39)25-43-31-13-10-26-8-4-16-36(17-5-18-38)32(26)21-31/h2-4,7-16,21,29,35,38H,5-6,17-20,22-25H2,1H3/q+1/t29-/m1/s1. The molecule has 0 saturated carbocycles. The highest BCUT2D eigenvalue weighted by molar-refractivity contribution is 5.96. The molecule has 5 rings (SSSR count). The molecule has 1 saturated heterocycles. The number of piperazine rings is 1. The van der Waals surface area contributed by atoms with E-state index in [1.54, 1.807) is 7.11 Å². The number of aromatic nitrogens is 1. The van der Waals surface area contributed by atoms with Crippen molar-refractivity contribution < 1.29 is 33.4 Å². The van der Waals surface area contributed by atoms with E-state index in [2.05, 4.69) is 16.0 Å². The van der Waals surface area contributed by atoms with Crippen LogP contribution < -0.4 is 29.0 Å².